The van der Waals surface area contributed by atoms with Gasteiger partial charge in [-0.1, -0.05) is 13.8 Å². The van der Waals surface area contributed by atoms with Crippen LogP contribution in [0.25, 0.3) is 0 Å². The van der Waals surface area contributed by atoms with Gasteiger partial charge in [0, 0.05) is 0 Å². The van der Waals surface area contributed by atoms with Crippen molar-refractivity contribution in [1.82, 2.24) is 0 Å². The van der Waals surface area contributed by atoms with Gasteiger partial charge in [-0.25, -0.2) is 4.79 Å². The van der Waals surface area contributed by atoms with Crippen LogP contribution in [0.1, 0.15) is 26.7 Å². The fourth-order valence-corrected chi connectivity index (χ4v) is 1.71. The van der Waals surface area contributed by atoms with E-state index in [1.165, 1.54) is 0 Å². The van der Waals surface area contributed by atoms with E-state index in [2.05, 4.69) is 13.8 Å². The van der Waals surface area contributed by atoms with E-state index < -0.39 is 12.1 Å². The van der Waals surface area contributed by atoms with Crippen LogP contribution in [0, 0.1) is 17.8 Å². The minimum atomic E-state index is -1.14. The summed E-state index contributed by atoms with van der Waals surface area (Å²) in [5.74, 6) is 0.142. The number of rotatable bonds is 3. The van der Waals surface area contributed by atoms with Crippen molar-refractivity contribution >= 4 is 5.97 Å². The first-order valence-electron chi connectivity index (χ1n) is 4.43. The Balaban J connectivity index is 2.29. The fraction of sp³-hybridized carbons (Fsp3) is 0.889. The largest absolute Gasteiger partial charge is 0.479 e. The lowest BCUT2D eigenvalue weighted by molar-refractivity contribution is -0.153. The Labute approximate surface area is 72.4 Å². The highest BCUT2D eigenvalue weighted by atomic mass is 16.4. The number of carbonyl (C=O) groups is 1. The molecule has 70 valence electrons. The monoisotopic (exact) mass is 172 g/mol. The highest BCUT2D eigenvalue weighted by molar-refractivity contribution is 5.72. The third kappa shape index (κ3) is 1.78. The Morgan fingerprint density at radius 1 is 1.33 bits per heavy atom. The predicted molar refractivity (Wildman–Crippen MR) is 44.7 cm³/mol. The van der Waals surface area contributed by atoms with Crippen LogP contribution in [0.15, 0.2) is 0 Å². The smallest absolute Gasteiger partial charge is 0.332 e. The zero-order valence-corrected chi connectivity index (χ0v) is 7.53. The van der Waals surface area contributed by atoms with Crippen LogP contribution in [0.4, 0.5) is 0 Å². The highest BCUT2D eigenvalue weighted by Crippen LogP contribution is 2.40. The van der Waals surface area contributed by atoms with Crippen LogP contribution in [-0.4, -0.2) is 22.3 Å². The molecule has 1 unspecified atom stereocenters. The summed E-state index contributed by atoms with van der Waals surface area (Å²) in [7, 11) is 0. The molecule has 0 aromatic carbocycles. The molecule has 1 rings (SSSR count). The lowest BCUT2D eigenvalue weighted by Gasteiger charge is -2.39. The predicted octanol–water partition coefficient (Wildman–Crippen LogP) is 1.11. The first-order valence-corrected chi connectivity index (χ1v) is 4.43. The van der Waals surface area contributed by atoms with Crippen LogP contribution in [0.3, 0.4) is 0 Å². The number of aliphatic hydroxyl groups excluding tert-OH is 1. The number of aliphatic hydroxyl groups is 1. The van der Waals surface area contributed by atoms with Crippen molar-refractivity contribution in [2.24, 2.45) is 17.8 Å². The summed E-state index contributed by atoms with van der Waals surface area (Å²) < 4.78 is 0. The molecule has 1 aliphatic carbocycles. The molecule has 0 spiro atoms. The molecule has 0 bridgehead atoms. The molecule has 0 heterocycles. The van der Waals surface area contributed by atoms with E-state index in [0.717, 1.165) is 12.8 Å². The summed E-state index contributed by atoms with van der Waals surface area (Å²) in [5, 5.41) is 17.6. The summed E-state index contributed by atoms with van der Waals surface area (Å²) in [4.78, 5) is 10.4. The average molecular weight is 172 g/mol. The van der Waals surface area contributed by atoms with Gasteiger partial charge in [0.05, 0.1) is 0 Å². The van der Waals surface area contributed by atoms with Gasteiger partial charge < -0.3 is 10.2 Å². The molecule has 0 amide bonds. The Morgan fingerprint density at radius 2 is 1.83 bits per heavy atom. The summed E-state index contributed by atoms with van der Waals surface area (Å²) in [6.07, 6.45) is 0.594. The van der Waals surface area contributed by atoms with Crippen molar-refractivity contribution in [3.05, 3.63) is 0 Å². The van der Waals surface area contributed by atoms with Gasteiger partial charge in [-0.2, -0.15) is 0 Å². The van der Waals surface area contributed by atoms with Gasteiger partial charge >= 0.3 is 5.97 Å². The number of hydrogen-bond donors (Lipinski definition) is 2. The van der Waals surface area contributed by atoms with Crippen LogP contribution < -0.4 is 0 Å². The molecule has 0 radical (unpaired) electrons. The van der Waals surface area contributed by atoms with E-state index >= 15 is 0 Å². The molecule has 0 aromatic rings. The van der Waals surface area contributed by atoms with Gasteiger partial charge in [-0.15, -0.1) is 0 Å². The molecule has 0 aliphatic heterocycles. The molecule has 1 atom stereocenters. The van der Waals surface area contributed by atoms with Crippen molar-refractivity contribution in [3.8, 4) is 0 Å². The second-order valence-corrected chi connectivity index (χ2v) is 4.02. The standard InChI is InChI=1S/C9H16O3/c1-5(2)6-3-7(4-6)8(10)9(11)12/h5-8,10H,3-4H2,1-2H3,(H,11,12). The summed E-state index contributed by atoms with van der Waals surface area (Å²) >= 11 is 0. The molecule has 1 aliphatic rings. The first kappa shape index (κ1) is 9.52. The molecule has 1 saturated carbocycles. The fourth-order valence-electron chi connectivity index (χ4n) is 1.71. The van der Waals surface area contributed by atoms with E-state index in [4.69, 9.17) is 10.2 Å². The maximum Gasteiger partial charge on any atom is 0.332 e. The van der Waals surface area contributed by atoms with Crippen molar-refractivity contribution in [2.75, 3.05) is 0 Å². The van der Waals surface area contributed by atoms with Crippen molar-refractivity contribution in [2.45, 2.75) is 32.8 Å². The Bertz CT molecular complexity index is 171. The number of aliphatic carboxylic acids is 1. The molecule has 1 fully saturated rings. The first-order chi connectivity index (χ1) is 5.52. The van der Waals surface area contributed by atoms with Gasteiger partial charge in [0.1, 0.15) is 0 Å². The normalized spacial score (nSPS) is 31.3. The average Bonchev–Trinajstić information content (AvgIpc) is 1.82. The van der Waals surface area contributed by atoms with Crippen LogP contribution in [-0.2, 0) is 4.79 Å². The Kier molecular flexibility index (Phi) is 2.73. The summed E-state index contributed by atoms with van der Waals surface area (Å²) in [6.45, 7) is 4.27. The molecule has 3 heteroatoms. The molecule has 2 N–H and O–H groups in total. The zero-order chi connectivity index (χ0) is 9.30. The lowest BCUT2D eigenvalue weighted by atomic mass is 9.67. The second-order valence-electron chi connectivity index (χ2n) is 4.02. The lowest BCUT2D eigenvalue weighted by Crippen LogP contribution is -2.40. The summed E-state index contributed by atoms with van der Waals surface area (Å²) in [6, 6.07) is 0. The van der Waals surface area contributed by atoms with Crippen LogP contribution >= 0.6 is 0 Å². The second kappa shape index (κ2) is 3.44. The number of carboxylic acid groups (broad SMARTS) is 1. The van der Waals surface area contributed by atoms with Crippen molar-refractivity contribution in [1.29, 1.82) is 0 Å². The highest BCUT2D eigenvalue weighted by Gasteiger charge is 2.38. The van der Waals surface area contributed by atoms with Gasteiger partial charge in [-0.05, 0) is 30.6 Å². The molecule has 0 aromatic heterocycles. The van der Waals surface area contributed by atoms with Gasteiger partial charge in [-0.3, -0.25) is 0 Å². The number of hydrogen-bond acceptors (Lipinski definition) is 2. The molecular formula is C9H16O3. The third-order valence-corrected chi connectivity index (χ3v) is 2.85. The topological polar surface area (TPSA) is 57.5 Å². The SMILES string of the molecule is CC(C)C1CC(C(O)C(=O)O)C1. The van der Waals surface area contributed by atoms with E-state index in [0.29, 0.717) is 11.8 Å². The maximum atomic E-state index is 10.4. The van der Waals surface area contributed by atoms with E-state index in [9.17, 15) is 4.79 Å². The van der Waals surface area contributed by atoms with Crippen LogP contribution in [0.5, 0.6) is 0 Å². The van der Waals surface area contributed by atoms with E-state index in [1.54, 1.807) is 0 Å². The van der Waals surface area contributed by atoms with Gasteiger partial charge in [0.15, 0.2) is 6.10 Å². The Morgan fingerprint density at radius 3 is 2.17 bits per heavy atom. The third-order valence-electron chi connectivity index (χ3n) is 2.85. The Hall–Kier alpha value is -0.570. The molecule has 12 heavy (non-hydrogen) atoms. The minimum Gasteiger partial charge on any atom is -0.479 e. The van der Waals surface area contributed by atoms with Crippen molar-refractivity contribution in [3.63, 3.8) is 0 Å². The molecule has 3 nitrogen and oxygen atoms in total. The minimum absolute atomic E-state index is 0.00472. The zero-order valence-electron chi connectivity index (χ0n) is 7.53. The molecule has 0 saturated heterocycles. The maximum absolute atomic E-state index is 10.4. The van der Waals surface area contributed by atoms with Gasteiger partial charge in [0.2, 0.25) is 0 Å². The molecular weight excluding hydrogens is 156 g/mol. The van der Waals surface area contributed by atoms with E-state index in [1.807, 2.05) is 0 Å². The number of carboxylic acids is 1. The van der Waals surface area contributed by atoms with Crippen molar-refractivity contribution < 1.29 is 15.0 Å². The summed E-state index contributed by atoms with van der Waals surface area (Å²) in [5.41, 5.74) is 0. The quantitative estimate of drug-likeness (QED) is 0.670. The van der Waals surface area contributed by atoms with E-state index in [-0.39, 0.29) is 5.92 Å². The van der Waals surface area contributed by atoms with Gasteiger partial charge in [0.25, 0.3) is 0 Å². The van der Waals surface area contributed by atoms with Crippen LogP contribution in [0.2, 0.25) is 0 Å².